The third kappa shape index (κ3) is 2.10. The molecular weight excluding hydrogens is 260 g/mol. The molecule has 1 heterocycles. The average Bonchev–Trinajstić information content (AvgIpc) is 3.01. The Labute approximate surface area is 120 Å². The lowest BCUT2D eigenvalue weighted by Gasteiger charge is -2.44. The highest BCUT2D eigenvalue weighted by atomic mass is 32.2. The molecule has 18 heavy (non-hydrogen) atoms. The van der Waals surface area contributed by atoms with Crippen molar-refractivity contribution in [3.63, 3.8) is 0 Å². The number of hydrogen-bond donors (Lipinski definition) is 1. The topological polar surface area (TPSA) is 29.3 Å². The molecule has 2 N–H and O–H groups in total. The van der Waals surface area contributed by atoms with Gasteiger partial charge in [0.05, 0.1) is 9.74 Å². The maximum absolute atomic E-state index is 5.96. The van der Waals surface area contributed by atoms with Crippen LogP contribution in [0.1, 0.15) is 38.5 Å². The van der Waals surface area contributed by atoms with Gasteiger partial charge in [0, 0.05) is 19.1 Å². The van der Waals surface area contributed by atoms with Crippen molar-refractivity contribution in [2.24, 2.45) is 17.6 Å². The monoisotopic (exact) mass is 284 g/mol. The van der Waals surface area contributed by atoms with E-state index >= 15 is 0 Å². The maximum Gasteiger partial charge on any atom is 0.0891 e. The lowest BCUT2D eigenvalue weighted by Crippen LogP contribution is -2.52. The lowest BCUT2D eigenvalue weighted by molar-refractivity contribution is 0.115. The van der Waals surface area contributed by atoms with Gasteiger partial charge < -0.3 is 5.73 Å². The zero-order valence-corrected chi connectivity index (χ0v) is 12.9. The van der Waals surface area contributed by atoms with Crippen LogP contribution in [0.25, 0.3) is 0 Å². The molecular formula is C14H24N2S2. The number of rotatable bonds is 3. The van der Waals surface area contributed by atoms with Crippen LogP contribution in [-0.4, -0.2) is 40.0 Å². The van der Waals surface area contributed by atoms with Gasteiger partial charge in [-0.05, 0) is 50.2 Å². The Bertz CT molecular complexity index is 337. The number of thioether (sulfide) groups is 1. The first-order valence-electron chi connectivity index (χ1n) is 7.24. The minimum absolute atomic E-state index is 0.0868. The highest BCUT2D eigenvalue weighted by Crippen LogP contribution is 2.48. The van der Waals surface area contributed by atoms with E-state index in [1.165, 1.54) is 38.8 Å². The summed E-state index contributed by atoms with van der Waals surface area (Å²) in [6.45, 7) is 2.40. The summed E-state index contributed by atoms with van der Waals surface area (Å²) in [5.74, 6) is 2.05. The fraction of sp³-hybridized carbons (Fsp3) is 0.929. The number of likely N-dealkylation sites (tertiary alicyclic amines) is 1. The summed E-state index contributed by atoms with van der Waals surface area (Å²) in [6.07, 6.45) is 10.4. The van der Waals surface area contributed by atoms with E-state index in [4.69, 9.17) is 18.0 Å². The number of nitrogens with zero attached hydrogens (tertiary/aromatic N) is 1. The van der Waals surface area contributed by atoms with Gasteiger partial charge in [0.25, 0.3) is 0 Å². The quantitative estimate of drug-likeness (QED) is 0.807. The van der Waals surface area contributed by atoms with Crippen molar-refractivity contribution in [1.82, 2.24) is 4.90 Å². The molecule has 4 heteroatoms. The second-order valence-electron chi connectivity index (χ2n) is 6.34. The van der Waals surface area contributed by atoms with E-state index in [0.717, 1.165) is 35.7 Å². The summed E-state index contributed by atoms with van der Waals surface area (Å²) in [4.78, 5) is 3.47. The van der Waals surface area contributed by atoms with Gasteiger partial charge in [0.15, 0.2) is 0 Å². The number of piperidine rings is 1. The predicted octanol–water partition coefficient (Wildman–Crippen LogP) is 2.66. The van der Waals surface area contributed by atoms with E-state index < -0.39 is 0 Å². The highest BCUT2D eigenvalue weighted by molar-refractivity contribution is 8.02. The van der Waals surface area contributed by atoms with Crippen LogP contribution in [0, 0.1) is 11.8 Å². The standard InChI is InChI=1S/C14H24N2S2/c1-18-14(13(15)17)4-6-16(7-5-14)12-9-10-2-3-11(12)8-10/h10-12H,2-9H2,1H3,(H2,15,17). The first-order chi connectivity index (χ1) is 8.64. The molecule has 3 rings (SSSR count). The molecule has 2 nitrogen and oxygen atoms in total. The van der Waals surface area contributed by atoms with Crippen molar-refractivity contribution in [2.45, 2.75) is 49.3 Å². The van der Waals surface area contributed by atoms with Crippen LogP contribution < -0.4 is 5.73 Å². The zero-order valence-electron chi connectivity index (χ0n) is 11.2. The van der Waals surface area contributed by atoms with E-state index in [1.807, 2.05) is 11.8 Å². The summed E-state index contributed by atoms with van der Waals surface area (Å²) >= 11 is 7.16. The molecule has 1 saturated heterocycles. The van der Waals surface area contributed by atoms with Crippen LogP contribution in [0.15, 0.2) is 0 Å². The first kappa shape index (κ1) is 13.2. The van der Waals surface area contributed by atoms with Crippen molar-refractivity contribution >= 4 is 29.0 Å². The largest absolute Gasteiger partial charge is 0.392 e. The Morgan fingerprint density at radius 2 is 2.00 bits per heavy atom. The Balaban J connectivity index is 1.62. The van der Waals surface area contributed by atoms with Gasteiger partial charge in [-0.3, -0.25) is 4.90 Å². The van der Waals surface area contributed by atoms with Gasteiger partial charge in [0.2, 0.25) is 0 Å². The van der Waals surface area contributed by atoms with Gasteiger partial charge in [-0.1, -0.05) is 18.6 Å². The SMILES string of the molecule is CSC1(C(N)=S)CCN(C2CC3CCC2C3)CC1. The minimum Gasteiger partial charge on any atom is -0.392 e. The molecule has 0 spiro atoms. The average molecular weight is 284 g/mol. The van der Waals surface area contributed by atoms with Crippen molar-refractivity contribution in [2.75, 3.05) is 19.3 Å². The second-order valence-corrected chi connectivity index (χ2v) is 7.97. The van der Waals surface area contributed by atoms with Crippen LogP contribution >= 0.6 is 24.0 Å². The van der Waals surface area contributed by atoms with E-state index in [2.05, 4.69) is 11.2 Å². The molecule has 3 fully saturated rings. The summed E-state index contributed by atoms with van der Waals surface area (Å²) in [5, 5.41) is 0. The number of hydrogen-bond acceptors (Lipinski definition) is 3. The molecule has 2 aliphatic carbocycles. The number of nitrogens with two attached hydrogens (primary N) is 1. The summed E-state index contributed by atoms with van der Waals surface area (Å²) in [6, 6.07) is 0.884. The molecule has 0 radical (unpaired) electrons. The van der Waals surface area contributed by atoms with Crippen LogP contribution in [0.2, 0.25) is 0 Å². The molecule has 2 saturated carbocycles. The third-order valence-corrected chi connectivity index (χ3v) is 7.54. The Hall–Kier alpha value is 0.200. The molecule has 1 aliphatic heterocycles. The molecule has 0 amide bonds. The van der Waals surface area contributed by atoms with Crippen LogP contribution in [0.3, 0.4) is 0 Å². The smallest absolute Gasteiger partial charge is 0.0891 e. The van der Waals surface area contributed by atoms with E-state index in [9.17, 15) is 0 Å². The molecule has 3 unspecified atom stereocenters. The van der Waals surface area contributed by atoms with Crippen molar-refractivity contribution in [3.05, 3.63) is 0 Å². The van der Waals surface area contributed by atoms with E-state index in [-0.39, 0.29) is 4.75 Å². The van der Waals surface area contributed by atoms with Gasteiger partial charge >= 0.3 is 0 Å². The second kappa shape index (κ2) is 4.95. The normalized spacial score (nSPS) is 39.1. The fourth-order valence-electron chi connectivity index (χ4n) is 4.43. The molecule has 3 aliphatic rings. The van der Waals surface area contributed by atoms with Crippen LogP contribution in [-0.2, 0) is 0 Å². The first-order valence-corrected chi connectivity index (χ1v) is 8.87. The lowest BCUT2D eigenvalue weighted by atomic mass is 9.89. The molecule has 0 aromatic carbocycles. The van der Waals surface area contributed by atoms with Gasteiger partial charge in [-0.15, -0.1) is 0 Å². The van der Waals surface area contributed by atoms with Gasteiger partial charge in [-0.2, -0.15) is 11.8 Å². The van der Waals surface area contributed by atoms with Crippen molar-refractivity contribution < 1.29 is 0 Å². The predicted molar refractivity (Wildman–Crippen MR) is 83.1 cm³/mol. The van der Waals surface area contributed by atoms with Crippen LogP contribution in [0.5, 0.6) is 0 Å². The summed E-state index contributed by atoms with van der Waals surface area (Å²) in [5.41, 5.74) is 5.96. The van der Waals surface area contributed by atoms with Crippen molar-refractivity contribution in [3.8, 4) is 0 Å². The third-order valence-electron chi connectivity index (χ3n) is 5.62. The van der Waals surface area contributed by atoms with Crippen LogP contribution in [0.4, 0.5) is 0 Å². The molecule has 0 aromatic rings. The van der Waals surface area contributed by atoms with E-state index in [1.54, 1.807) is 0 Å². The molecule has 102 valence electrons. The maximum atomic E-state index is 5.96. The van der Waals surface area contributed by atoms with Gasteiger partial charge in [0.1, 0.15) is 0 Å². The number of thiocarbonyl (C=S) groups is 1. The van der Waals surface area contributed by atoms with E-state index in [0.29, 0.717) is 0 Å². The summed E-state index contributed by atoms with van der Waals surface area (Å²) in [7, 11) is 0. The summed E-state index contributed by atoms with van der Waals surface area (Å²) < 4.78 is 0.0868. The Morgan fingerprint density at radius 1 is 1.28 bits per heavy atom. The Kier molecular flexibility index (Phi) is 3.63. The fourth-order valence-corrected chi connectivity index (χ4v) is 5.67. The number of fused-ring (bicyclic) bond motifs is 2. The van der Waals surface area contributed by atoms with Crippen molar-refractivity contribution in [1.29, 1.82) is 0 Å². The van der Waals surface area contributed by atoms with Gasteiger partial charge in [-0.25, -0.2) is 0 Å². The molecule has 0 aromatic heterocycles. The molecule has 3 atom stereocenters. The molecule has 2 bridgehead atoms. The minimum atomic E-state index is 0.0868. The highest BCUT2D eigenvalue weighted by Gasteiger charge is 2.45. The Morgan fingerprint density at radius 3 is 2.44 bits per heavy atom. The zero-order chi connectivity index (χ0) is 12.8.